The first-order chi connectivity index (χ1) is 12.1. The van der Waals surface area contributed by atoms with Crippen LogP contribution in [0.5, 0.6) is 0 Å². The van der Waals surface area contributed by atoms with Crippen molar-refractivity contribution in [2.24, 2.45) is 0 Å². The lowest BCUT2D eigenvalue weighted by Gasteiger charge is -2.11. The van der Waals surface area contributed by atoms with Gasteiger partial charge in [-0.2, -0.15) is 0 Å². The van der Waals surface area contributed by atoms with Gasteiger partial charge in [-0.1, -0.05) is 29.4 Å². The molecule has 1 fully saturated rings. The highest BCUT2D eigenvalue weighted by Gasteiger charge is 2.33. The van der Waals surface area contributed by atoms with Gasteiger partial charge in [-0.3, -0.25) is 4.79 Å². The standard InChI is InChI=1S/C21H18FNO2/c1-13-4-2-3-5-15(13)10-16-11-17(22)8-9-18(16)20(24)19-12-23-25-21(19)14-6-7-14/h2-5,8-9,11-12,14H,6-7,10H2,1H3. The summed E-state index contributed by atoms with van der Waals surface area (Å²) in [6.07, 6.45) is 4.04. The van der Waals surface area contributed by atoms with Gasteiger partial charge in [0, 0.05) is 11.5 Å². The summed E-state index contributed by atoms with van der Waals surface area (Å²) in [5.74, 6) is 0.470. The van der Waals surface area contributed by atoms with E-state index in [2.05, 4.69) is 5.16 Å². The number of carbonyl (C=O) groups is 1. The number of aryl methyl sites for hydroxylation is 1. The van der Waals surface area contributed by atoms with Gasteiger partial charge in [-0.15, -0.1) is 0 Å². The summed E-state index contributed by atoms with van der Waals surface area (Å²) in [4.78, 5) is 13.0. The quantitative estimate of drug-likeness (QED) is 0.628. The largest absolute Gasteiger partial charge is 0.360 e. The number of rotatable bonds is 5. The second kappa shape index (κ2) is 6.28. The predicted molar refractivity (Wildman–Crippen MR) is 92.3 cm³/mol. The number of nitrogens with zero attached hydrogens (tertiary/aromatic N) is 1. The van der Waals surface area contributed by atoms with Crippen LogP contribution in [0.4, 0.5) is 4.39 Å². The molecule has 3 nitrogen and oxygen atoms in total. The van der Waals surface area contributed by atoms with Gasteiger partial charge in [0.25, 0.3) is 0 Å². The van der Waals surface area contributed by atoms with Crippen molar-refractivity contribution in [3.8, 4) is 0 Å². The smallest absolute Gasteiger partial charge is 0.198 e. The number of carbonyl (C=O) groups excluding carboxylic acids is 1. The maximum atomic E-state index is 13.8. The number of hydrogen-bond donors (Lipinski definition) is 0. The predicted octanol–water partition coefficient (Wildman–Crippen LogP) is 4.82. The lowest BCUT2D eigenvalue weighted by Crippen LogP contribution is -2.08. The molecule has 4 rings (SSSR count). The molecule has 1 aliphatic carbocycles. The summed E-state index contributed by atoms with van der Waals surface area (Å²) in [5, 5.41) is 3.81. The summed E-state index contributed by atoms with van der Waals surface area (Å²) in [7, 11) is 0. The molecule has 2 aromatic carbocycles. The van der Waals surface area contributed by atoms with Crippen LogP contribution < -0.4 is 0 Å². The Kier molecular flexibility index (Phi) is 3.96. The summed E-state index contributed by atoms with van der Waals surface area (Å²) in [6.45, 7) is 2.02. The first-order valence-electron chi connectivity index (χ1n) is 8.45. The molecule has 1 heterocycles. The van der Waals surface area contributed by atoms with Crippen molar-refractivity contribution in [1.29, 1.82) is 0 Å². The Morgan fingerprint density at radius 3 is 2.72 bits per heavy atom. The van der Waals surface area contributed by atoms with Crippen LogP contribution in [0.15, 0.2) is 53.2 Å². The Morgan fingerprint density at radius 2 is 1.96 bits per heavy atom. The SMILES string of the molecule is Cc1ccccc1Cc1cc(F)ccc1C(=O)c1cnoc1C1CC1. The zero-order chi connectivity index (χ0) is 17.4. The molecule has 1 aromatic heterocycles. The number of aromatic nitrogens is 1. The molecule has 1 aliphatic rings. The van der Waals surface area contributed by atoms with Gasteiger partial charge in [-0.25, -0.2) is 4.39 Å². The highest BCUT2D eigenvalue weighted by atomic mass is 19.1. The molecule has 0 saturated heterocycles. The van der Waals surface area contributed by atoms with Crippen molar-refractivity contribution in [1.82, 2.24) is 5.16 Å². The molecular weight excluding hydrogens is 317 g/mol. The van der Waals surface area contributed by atoms with E-state index in [1.54, 1.807) is 6.07 Å². The second-order valence-corrected chi connectivity index (χ2v) is 6.61. The lowest BCUT2D eigenvalue weighted by atomic mass is 9.92. The Hall–Kier alpha value is -2.75. The minimum absolute atomic E-state index is 0.147. The minimum atomic E-state index is -0.340. The number of halogens is 1. The average Bonchev–Trinajstić information content (AvgIpc) is 3.33. The fraction of sp³-hybridized carbons (Fsp3) is 0.238. The monoisotopic (exact) mass is 335 g/mol. The highest BCUT2D eigenvalue weighted by Crippen LogP contribution is 2.42. The van der Waals surface area contributed by atoms with Gasteiger partial charge < -0.3 is 4.52 Å². The van der Waals surface area contributed by atoms with Crippen molar-refractivity contribution in [3.63, 3.8) is 0 Å². The summed E-state index contributed by atoms with van der Waals surface area (Å²) in [6, 6.07) is 12.3. The maximum Gasteiger partial charge on any atom is 0.198 e. The van der Waals surface area contributed by atoms with Crippen molar-refractivity contribution < 1.29 is 13.7 Å². The molecule has 0 spiro atoms. The summed E-state index contributed by atoms with van der Waals surface area (Å²) in [5.41, 5.74) is 3.89. The van der Waals surface area contributed by atoms with E-state index in [9.17, 15) is 9.18 Å². The van der Waals surface area contributed by atoms with Gasteiger partial charge in [-0.05, 0) is 61.1 Å². The van der Waals surface area contributed by atoms with Crippen molar-refractivity contribution in [2.45, 2.75) is 32.1 Å². The summed E-state index contributed by atoms with van der Waals surface area (Å²) >= 11 is 0. The van der Waals surface area contributed by atoms with Crippen LogP contribution in [-0.4, -0.2) is 10.9 Å². The van der Waals surface area contributed by atoms with Gasteiger partial charge >= 0.3 is 0 Å². The average molecular weight is 335 g/mol. The Balaban J connectivity index is 1.73. The zero-order valence-electron chi connectivity index (χ0n) is 14.0. The molecule has 0 radical (unpaired) electrons. The molecule has 0 bridgehead atoms. The van der Waals surface area contributed by atoms with Gasteiger partial charge in [0.2, 0.25) is 0 Å². The Labute approximate surface area is 145 Å². The van der Waals surface area contributed by atoms with Crippen LogP contribution in [0.25, 0.3) is 0 Å². The van der Waals surface area contributed by atoms with E-state index in [0.29, 0.717) is 34.8 Å². The fourth-order valence-electron chi connectivity index (χ4n) is 3.15. The first kappa shape index (κ1) is 15.8. The van der Waals surface area contributed by atoms with Gasteiger partial charge in [0.05, 0.1) is 11.8 Å². The topological polar surface area (TPSA) is 43.1 Å². The first-order valence-corrected chi connectivity index (χ1v) is 8.45. The molecular formula is C21H18FNO2. The molecule has 3 aromatic rings. The Bertz CT molecular complexity index is 941. The molecule has 0 unspecified atom stereocenters. The molecule has 1 saturated carbocycles. The molecule has 4 heteroatoms. The van der Waals surface area contributed by atoms with E-state index < -0.39 is 0 Å². The molecule has 0 N–H and O–H groups in total. The fourth-order valence-corrected chi connectivity index (χ4v) is 3.15. The van der Waals surface area contributed by atoms with E-state index in [4.69, 9.17) is 4.52 Å². The van der Waals surface area contributed by atoms with E-state index >= 15 is 0 Å². The number of benzene rings is 2. The van der Waals surface area contributed by atoms with E-state index in [0.717, 1.165) is 24.0 Å². The maximum absolute atomic E-state index is 13.8. The second-order valence-electron chi connectivity index (χ2n) is 6.61. The van der Waals surface area contributed by atoms with Crippen molar-refractivity contribution in [3.05, 3.63) is 88.1 Å². The molecule has 0 amide bonds. The molecule has 25 heavy (non-hydrogen) atoms. The molecule has 0 atom stereocenters. The third-order valence-corrected chi connectivity index (χ3v) is 4.75. The van der Waals surface area contributed by atoms with Crippen LogP contribution in [-0.2, 0) is 6.42 Å². The van der Waals surface area contributed by atoms with E-state index in [1.165, 1.54) is 18.3 Å². The van der Waals surface area contributed by atoms with Gasteiger partial charge in [0.1, 0.15) is 5.82 Å². The van der Waals surface area contributed by atoms with Crippen molar-refractivity contribution >= 4 is 5.78 Å². The summed E-state index contributed by atoms with van der Waals surface area (Å²) < 4.78 is 19.1. The lowest BCUT2D eigenvalue weighted by molar-refractivity contribution is 0.103. The third kappa shape index (κ3) is 3.12. The van der Waals surface area contributed by atoms with Gasteiger partial charge in [0.15, 0.2) is 11.5 Å². The van der Waals surface area contributed by atoms with Crippen LogP contribution >= 0.6 is 0 Å². The highest BCUT2D eigenvalue weighted by molar-refractivity contribution is 6.10. The van der Waals surface area contributed by atoms with Crippen LogP contribution in [0.2, 0.25) is 0 Å². The van der Waals surface area contributed by atoms with Crippen LogP contribution in [0.3, 0.4) is 0 Å². The normalized spacial score (nSPS) is 13.8. The van der Waals surface area contributed by atoms with E-state index in [1.807, 2.05) is 31.2 Å². The van der Waals surface area contributed by atoms with E-state index in [-0.39, 0.29) is 11.6 Å². The number of ketones is 1. The van der Waals surface area contributed by atoms with Crippen molar-refractivity contribution in [2.75, 3.05) is 0 Å². The zero-order valence-corrected chi connectivity index (χ0v) is 14.0. The van der Waals surface area contributed by atoms with Crippen LogP contribution in [0.1, 0.15) is 57.1 Å². The number of hydrogen-bond acceptors (Lipinski definition) is 3. The minimum Gasteiger partial charge on any atom is -0.360 e. The Morgan fingerprint density at radius 1 is 1.16 bits per heavy atom. The van der Waals surface area contributed by atoms with Crippen LogP contribution in [0, 0.1) is 12.7 Å². The molecule has 0 aliphatic heterocycles. The third-order valence-electron chi connectivity index (χ3n) is 4.75. The molecule has 126 valence electrons.